The van der Waals surface area contributed by atoms with Gasteiger partial charge in [0.05, 0.1) is 33.5 Å². The van der Waals surface area contributed by atoms with Crippen LogP contribution in [0.3, 0.4) is 0 Å². The summed E-state index contributed by atoms with van der Waals surface area (Å²) >= 11 is 0. The average Bonchev–Trinajstić information content (AvgIpc) is 4.25. The zero-order chi connectivity index (χ0) is 52.7. The minimum absolute atomic E-state index is 0.637. The molecule has 0 saturated heterocycles. The maximum Gasteiger partial charge on any atom is 0.160 e. The summed E-state index contributed by atoms with van der Waals surface area (Å²) in [5, 5.41) is 11.6. The topological polar surface area (TPSA) is 48.5 Å². The van der Waals surface area contributed by atoms with Crippen molar-refractivity contribution in [1.29, 1.82) is 0 Å². The first-order valence-corrected chi connectivity index (χ1v) is 27.2. The van der Waals surface area contributed by atoms with Gasteiger partial charge < -0.3 is 4.57 Å². The molecule has 5 nitrogen and oxygen atoms in total. The molecule has 0 fully saturated rings. The van der Waals surface area contributed by atoms with Crippen molar-refractivity contribution < 1.29 is 0 Å². The molecular weight excluding hydrogens is 971 g/mol. The van der Waals surface area contributed by atoms with Crippen LogP contribution >= 0.6 is 0 Å². The number of para-hydroxylation sites is 2. The van der Waals surface area contributed by atoms with Gasteiger partial charge in [0, 0.05) is 44.4 Å². The van der Waals surface area contributed by atoms with Gasteiger partial charge in [0.25, 0.3) is 0 Å². The van der Waals surface area contributed by atoms with Gasteiger partial charge in [0.2, 0.25) is 0 Å². The monoisotopic (exact) mass is 1020 g/mol. The minimum Gasteiger partial charge on any atom is -0.309 e. The summed E-state index contributed by atoms with van der Waals surface area (Å²) in [5.41, 5.74) is 16.3. The third-order valence-corrected chi connectivity index (χ3v) is 16.1. The normalized spacial score (nSPS) is 11.8. The van der Waals surface area contributed by atoms with Crippen molar-refractivity contribution in [3.63, 3.8) is 0 Å². The Balaban J connectivity index is 1.02. The van der Waals surface area contributed by atoms with Crippen LogP contribution in [0.4, 0.5) is 0 Å². The van der Waals surface area contributed by atoms with E-state index in [1.54, 1.807) is 0 Å². The van der Waals surface area contributed by atoms with Gasteiger partial charge >= 0.3 is 0 Å². The zero-order valence-corrected chi connectivity index (χ0v) is 43.4. The summed E-state index contributed by atoms with van der Waals surface area (Å²) < 4.78 is 4.62. The molecule has 372 valence electrons. The second kappa shape index (κ2) is 18.5. The molecule has 0 saturated carbocycles. The van der Waals surface area contributed by atoms with Crippen LogP contribution in [-0.4, -0.2) is 24.1 Å². The molecule has 0 spiro atoms. The molecule has 0 aliphatic heterocycles. The molecule has 13 aromatic carbocycles. The fourth-order valence-electron chi connectivity index (χ4n) is 12.4. The molecule has 16 aromatic rings. The van der Waals surface area contributed by atoms with Gasteiger partial charge in [-0.1, -0.05) is 200 Å². The third-order valence-electron chi connectivity index (χ3n) is 16.1. The quantitative estimate of drug-likeness (QED) is 0.143. The number of hydrogen-bond donors (Lipinski definition) is 0. The average molecular weight is 1020 g/mol. The van der Waals surface area contributed by atoms with E-state index < -0.39 is 0 Å². The molecule has 0 bridgehead atoms. The molecule has 5 heteroatoms. The number of fused-ring (bicyclic) bond motifs is 9. The molecule has 0 atom stereocenters. The van der Waals surface area contributed by atoms with E-state index in [2.05, 4.69) is 294 Å². The first kappa shape index (κ1) is 45.4. The molecule has 0 amide bonds. The van der Waals surface area contributed by atoms with E-state index in [1.807, 2.05) is 0 Å². The van der Waals surface area contributed by atoms with Crippen LogP contribution in [0.2, 0.25) is 0 Å². The molecule has 3 aromatic heterocycles. The van der Waals surface area contributed by atoms with Gasteiger partial charge in [-0.25, -0.2) is 15.0 Å². The Labute approximate surface area is 461 Å². The third kappa shape index (κ3) is 7.43. The van der Waals surface area contributed by atoms with Crippen LogP contribution in [-0.2, 0) is 0 Å². The second-order valence-electron chi connectivity index (χ2n) is 20.7. The van der Waals surface area contributed by atoms with E-state index in [0.29, 0.717) is 5.82 Å². The van der Waals surface area contributed by atoms with Gasteiger partial charge in [0.15, 0.2) is 5.82 Å². The smallest absolute Gasteiger partial charge is 0.160 e. The Kier molecular flexibility index (Phi) is 10.5. The molecule has 0 radical (unpaired) electrons. The van der Waals surface area contributed by atoms with Crippen LogP contribution in [0.1, 0.15) is 0 Å². The summed E-state index contributed by atoms with van der Waals surface area (Å²) in [5.74, 6) is 1.51. The largest absolute Gasteiger partial charge is 0.309 e. The SMILES string of the molecule is c1ccc(-c2cc3cc(-c4nc(-c5ccc6c(c5)nc(-c5ccccc5)n6-c5ccccc5)c5cc(-c6cc7ccccc7c7ccccc67)cc(-c6cc7ccccc7c7ccccc67)c5n4)ccc3n2-c2ccccc2)cc1. The Morgan fingerprint density at radius 1 is 0.263 bits per heavy atom. The lowest BCUT2D eigenvalue weighted by Gasteiger charge is -2.18. The molecule has 0 aliphatic carbocycles. The predicted octanol–water partition coefficient (Wildman–Crippen LogP) is 19.5. The standard InChI is InChI=1S/C75H47N5/c1-5-21-48(22-6-1)71-47-55-41-53(38-39-69(55)79(71)56-27-9-3-10-28-56)74-77-72(52-37-40-70-68(46-52)76-75(49-23-7-2-8-24-49)80(70)57-29-11-4-12-30-57)67-45-54(64-42-50-25-13-15-31-58(50)60-33-17-19-35-62(60)64)44-66(73(67)78-74)65-43-51-26-14-16-32-59(51)61-34-18-20-36-63(61)65/h1-47H. The molecule has 16 rings (SSSR count). The fraction of sp³-hybridized carbons (Fsp3) is 0. The van der Waals surface area contributed by atoms with E-state index in [0.717, 1.165) is 111 Å². The number of hydrogen-bond acceptors (Lipinski definition) is 3. The Morgan fingerprint density at radius 3 is 1.45 bits per heavy atom. The maximum absolute atomic E-state index is 5.82. The van der Waals surface area contributed by atoms with Crippen molar-refractivity contribution in [2.24, 2.45) is 0 Å². The summed E-state index contributed by atoms with van der Waals surface area (Å²) in [6.45, 7) is 0. The first-order chi connectivity index (χ1) is 39.7. The highest BCUT2D eigenvalue weighted by molar-refractivity contribution is 6.19. The van der Waals surface area contributed by atoms with E-state index in [9.17, 15) is 0 Å². The number of benzene rings is 13. The lowest BCUT2D eigenvalue weighted by atomic mass is 9.87. The van der Waals surface area contributed by atoms with Crippen molar-refractivity contribution >= 4 is 75.9 Å². The van der Waals surface area contributed by atoms with Gasteiger partial charge in [-0.3, -0.25) is 4.57 Å². The number of aromatic nitrogens is 5. The van der Waals surface area contributed by atoms with Crippen molar-refractivity contribution in [2.45, 2.75) is 0 Å². The second-order valence-corrected chi connectivity index (χ2v) is 20.7. The zero-order valence-electron chi connectivity index (χ0n) is 43.4. The highest BCUT2D eigenvalue weighted by Gasteiger charge is 2.23. The van der Waals surface area contributed by atoms with Gasteiger partial charge in [-0.15, -0.1) is 0 Å². The van der Waals surface area contributed by atoms with E-state index in [4.69, 9.17) is 15.0 Å². The molecule has 0 N–H and O–H groups in total. The summed E-state index contributed by atoms with van der Waals surface area (Å²) in [4.78, 5) is 17.1. The summed E-state index contributed by atoms with van der Waals surface area (Å²) in [6, 6.07) is 103. The van der Waals surface area contributed by atoms with E-state index in [-0.39, 0.29) is 0 Å². The van der Waals surface area contributed by atoms with Crippen LogP contribution < -0.4 is 0 Å². The van der Waals surface area contributed by atoms with Crippen LogP contribution in [0.15, 0.2) is 285 Å². The number of nitrogens with zero attached hydrogens (tertiary/aromatic N) is 5. The van der Waals surface area contributed by atoms with Crippen molar-refractivity contribution in [3.8, 4) is 78.9 Å². The molecule has 0 unspecified atom stereocenters. The fourth-order valence-corrected chi connectivity index (χ4v) is 12.4. The lowest BCUT2D eigenvalue weighted by Crippen LogP contribution is -1.99. The van der Waals surface area contributed by atoms with Crippen LogP contribution in [0.25, 0.3) is 155 Å². The number of imidazole rings is 1. The van der Waals surface area contributed by atoms with Crippen LogP contribution in [0, 0.1) is 0 Å². The summed E-state index contributed by atoms with van der Waals surface area (Å²) in [6.07, 6.45) is 0. The molecule has 80 heavy (non-hydrogen) atoms. The highest BCUT2D eigenvalue weighted by Crippen LogP contribution is 2.46. The molecular formula is C75H47N5. The van der Waals surface area contributed by atoms with Crippen molar-refractivity contribution in [1.82, 2.24) is 24.1 Å². The van der Waals surface area contributed by atoms with Crippen LogP contribution in [0.5, 0.6) is 0 Å². The maximum atomic E-state index is 5.82. The highest BCUT2D eigenvalue weighted by atomic mass is 15.1. The van der Waals surface area contributed by atoms with Gasteiger partial charge in [-0.2, -0.15) is 0 Å². The molecule has 0 aliphatic rings. The van der Waals surface area contributed by atoms with Crippen molar-refractivity contribution in [3.05, 3.63) is 285 Å². The Bertz CT molecular complexity index is 5100. The summed E-state index contributed by atoms with van der Waals surface area (Å²) in [7, 11) is 0. The van der Waals surface area contributed by atoms with Gasteiger partial charge in [-0.05, 0) is 150 Å². The molecule has 3 heterocycles. The van der Waals surface area contributed by atoms with E-state index >= 15 is 0 Å². The van der Waals surface area contributed by atoms with Crippen molar-refractivity contribution in [2.75, 3.05) is 0 Å². The Morgan fingerprint density at radius 2 is 0.787 bits per heavy atom. The minimum atomic E-state index is 0.637. The first-order valence-electron chi connectivity index (χ1n) is 27.2. The predicted molar refractivity (Wildman–Crippen MR) is 334 cm³/mol. The lowest BCUT2D eigenvalue weighted by molar-refractivity contribution is 1.10. The number of rotatable bonds is 8. The van der Waals surface area contributed by atoms with E-state index in [1.165, 1.54) is 37.7 Å². The van der Waals surface area contributed by atoms with Gasteiger partial charge in [0.1, 0.15) is 5.82 Å². The Hall–Kier alpha value is -10.8.